The summed E-state index contributed by atoms with van der Waals surface area (Å²) in [6, 6.07) is 9.40. The van der Waals surface area contributed by atoms with Gasteiger partial charge < -0.3 is 5.32 Å². The van der Waals surface area contributed by atoms with Gasteiger partial charge in [-0.15, -0.1) is 16.9 Å². The molecule has 24 heavy (non-hydrogen) atoms. The molecule has 0 aliphatic heterocycles. The van der Waals surface area contributed by atoms with E-state index in [1.807, 2.05) is 25.1 Å². The van der Waals surface area contributed by atoms with Crippen molar-refractivity contribution in [1.82, 2.24) is 14.8 Å². The number of aromatic amines is 1. The van der Waals surface area contributed by atoms with Crippen molar-refractivity contribution in [3.63, 3.8) is 0 Å². The zero-order valence-electron chi connectivity index (χ0n) is 13.1. The molecule has 2 rings (SSSR count). The Morgan fingerprint density at radius 3 is 2.96 bits per heavy atom. The summed E-state index contributed by atoms with van der Waals surface area (Å²) in [5, 5.41) is 18.4. The van der Waals surface area contributed by atoms with E-state index in [1.54, 1.807) is 6.07 Å². The second kappa shape index (κ2) is 9.20. The molecule has 126 valence electrons. The fraction of sp³-hybridized carbons (Fsp3) is 0.333. The third kappa shape index (κ3) is 4.91. The topological polar surface area (TPSA) is 104 Å². The summed E-state index contributed by atoms with van der Waals surface area (Å²) in [5.41, 5.74) is 0.411. The highest BCUT2D eigenvalue weighted by molar-refractivity contribution is 8.00. The molecule has 2 N–H and O–H groups in total. The molecule has 1 aromatic heterocycles. The lowest BCUT2D eigenvalue weighted by Crippen LogP contribution is -2.18. The summed E-state index contributed by atoms with van der Waals surface area (Å²) in [7, 11) is 0. The fourth-order valence-electron chi connectivity index (χ4n) is 1.96. The van der Waals surface area contributed by atoms with Crippen molar-refractivity contribution in [2.45, 2.75) is 29.9 Å². The third-order valence-electron chi connectivity index (χ3n) is 2.96. The molecule has 9 heteroatoms. The molecular formula is C15H17N5O2S2. The van der Waals surface area contributed by atoms with Gasteiger partial charge in [-0.3, -0.25) is 9.36 Å². The van der Waals surface area contributed by atoms with Crippen LogP contribution in [-0.4, -0.2) is 32.2 Å². The highest BCUT2D eigenvalue weighted by Gasteiger charge is 2.12. The number of amides is 1. The quantitative estimate of drug-likeness (QED) is 0.698. The van der Waals surface area contributed by atoms with Gasteiger partial charge >= 0.3 is 5.69 Å². The largest absolute Gasteiger partial charge is 0.343 e. The van der Waals surface area contributed by atoms with Crippen LogP contribution in [-0.2, 0) is 11.3 Å². The lowest BCUT2D eigenvalue weighted by molar-refractivity contribution is -0.113. The second-order valence-electron chi connectivity index (χ2n) is 4.74. The number of carbonyl (C=O) groups excluding carboxylic acids is 1. The first-order valence-electron chi connectivity index (χ1n) is 7.32. The molecule has 0 saturated heterocycles. The summed E-state index contributed by atoms with van der Waals surface area (Å²) in [4.78, 5) is 24.6. The van der Waals surface area contributed by atoms with Crippen molar-refractivity contribution in [2.75, 3.05) is 16.8 Å². The number of nitriles is 1. The van der Waals surface area contributed by atoms with Crippen LogP contribution in [0.15, 0.2) is 39.1 Å². The predicted octanol–water partition coefficient (Wildman–Crippen LogP) is 2.33. The average Bonchev–Trinajstić information content (AvgIpc) is 2.93. The molecule has 1 heterocycles. The van der Waals surface area contributed by atoms with E-state index in [0.29, 0.717) is 23.1 Å². The van der Waals surface area contributed by atoms with Crippen molar-refractivity contribution < 1.29 is 4.79 Å². The summed E-state index contributed by atoms with van der Waals surface area (Å²) < 4.78 is 1.52. The molecule has 0 radical (unpaired) electrons. The number of nitrogens with zero attached hydrogens (tertiary/aromatic N) is 3. The Morgan fingerprint density at radius 1 is 1.42 bits per heavy atom. The van der Waals surface area contributed by atoms with Crippen LogP contribution in [0.1, 0.15) is 13.3 Å². The number of aromatic nitrogens is 3. The summed E-state index contributed by atoms with van der Waals surface area (Å²) >= 11 is 2.58. The molecule has 7 nitrogen and oxygen atoms in total. The monoisotopic (exact) mass is 363 g/mol. The number of rotatable bonds is 8. The summed E-state index contributed by atoms with van der Waals surface area (Å²) in [6.45, 7) is 2.53. The zero-order valence-corrected chi connectivity index (χ0v) is 14.7. The van der Waals surface area contributed by atoms with Crippen LogP contribution in [0.2, 0.25) is 0 Å². The number of benzene rings is 1. The van der Waals surface area contributed by atoms with Crippen molar-refractivity contribution in [1.29, 1.82) is 5.26 Å². The van der Waals surface area contributed by atoms with Crippen molar-refractivity contribution in [2.24, 2.45) is 0 Å². The standard InChI is InChI=1S/C15H17N5O2S2/c1-2-8-20-14(22)18-19-15(20)24-10-13(21)17-11-5-3-4-6-12(11)23-9-7-16/h3-6H,2,8-10H2,1H3,(H,17,21)(H,18,22). The van der Waals surface area contributed by atoms with Gasteiger partial charge in [0.25, 0.3) is 0 Å². The van der Waals surface area contributed by atoms with Crippen LogP contribution in [0.5, 0.6) is 0 Å². The van der Waals surface area contributed by atoms with Crippen LogP contribution in [0.25, 0.3) is 0 Å². The molecule has 2 aromatic rings. The van der Waals surface area contributed by atoms with E-state index in [-0.39, 0.29) is 17.3 Å². The normalized spacial score (nSPS) is 10.3. The number of carbonyl (C=O) groups is 1. The molecule has 0 saturated carbocycles. The predicted molar refractivity (Wildman–Crippen MR) is 95.3 cm³/mol. The lowest BCUT2D eigenvalue weighted by Gasteiger charge is -2.09. The number of anilines is 1. The lowest BCUT2D eigenvalue weighted by atomic mass is 10.3. The molecule has 1 aromatic carbocycles. The second-order valence-corrected chi connectivity index (χ2v) is 6.70. The molecule has 0 fully saturated rings. The first-order chi connectivity index (χ1) is 11.7. The van der Waals surface area contributed by atoms with Crippen molar-refractivity contribution in [3.8, 4) is 6.07 Å². The summed E-state index contributed by atoms with van der Waals surface area (Å²) in [6.07, 6.45) is 0.808. The molecule has 0 unspecified atom stereocenters. The van der Waals surface area contributed by atoms with E-state index in [1.165, 1.54) is 28.1 Å². The Balaban J connectivity index is 1.97. The van der Waals surface area contributed by atoms with Crippen LogP contribution in [0, 0.1) is 11.3 Å². The maximum Gasteiger partial charge on any atom is 0.343 e. The van der Waals surface area contributed by atoms with Gasteiger partial charge in [0.15, 0.2) is 5.16 Å². The van der Waals surface area contributed by atoms with Gasteiger partial charge in [0.05, 0.1) is 23.3 Å². The Kier molecular flexibility index (Phi) is 6.96. The zero-order chi connectivity index (χ0) is 17.4. The van der Waals surface area contributed by atoms with Gasteiger partial charge in [-0.1, -0.05) is 30.8 Å². The van der Waals surface area contributed by atoms with Crippen LogP contribution in [0.3, 0.4) is 0 Å². The minimum Gasteiger partial charge on any atom is -0.324 e. The Morgan fingerprint density at radius 2 is 2.21 bits per heavy atom. The number of nitrogens with one attached hydrogen (secondary N) is 2. The van der Waals surface area contributed by atoms with Crippen LogP contribution >= 0.6 is 23.5 Å². The summed E-state index contributed by atoms with van der Waals surface area (Å²) in [5.74, 6) is 0.271. The Bertz CT molecular complexity index is 794. The van der Waals surface area contributed by atoms with Crippen LogP contribution in [0.4, 0.5) is 5.69 Å². The van der Waals surface area contributed by atoms with Crippen molar-refractivity contribution >= 4 is 35.1 Å². The van der Waals surface area contributed by atoms with E-state index in [0.717, 1.165) is 11.3 Å². The first kappa shape index (κ1) is 18.2. The van der Waals surface area contributed by atoms with Crippen molar-refractivity contribution in [3.05, 3.63) is 34.7 Å². The molecule has 0 atom stereocenters. The first-order valence-corrected chi connectivity index (χ1v) is 9.29. The van der Waals surface area contributed by atoms with E-state index in [9.17, 15) is 9.59 Å². The SMILES string of the molecule is CCCn1c(SCC(=O)Nc2ccccc2SCC#N)n[nH]c1=O. The van der Waals surface area contributed by atoms with E-state index in [4.69, 9.17) is 5.26 Å². The van der Waals surface area contributed by atoms with E-state index >= 15 is 0 Å². The number of para-hydroxylation sites is 1. The Hall–Kier alpha value is -2.18. The molecular weight excluding hydrogens is 346 g/mol. The smallest absolute Gasteiger partial charge is 0.324 e. The van der Waals surface area contributed by atoms with E-state index in [2.05, 4.69) is 21.6 Å². The van der Waals surface area contributed by atoms with E-state index < -0.39 is 0 Å². The van der Waals surface area contributed by atoms with Gasteiger partial charge in [-0.2, -0.15) is 5.26 Å². The molecule has 1 amide bonds. The van der Waals surface area contributed by atoms with Gasteiger partial charge in [0, 0.05) is 11.4 Å². The van der Waals surface area contributed by atoms with Gasteiger partial charge in [0.2, 0.25) is 5.91 Å². The maximum atomic E-state index is 12.2. The highest BCUT2D eigenvalue weighted by atomic mass is 32.2. The van der Waals surface area contributed by atoms with Gasteiger partial charge in [0.1, 0.15) is 0 Å². The molecule has 0 spiro atoms. The number of H-pyrrole nitrogens is 1. The number of hydrogen-bond donors (Lipinski definition) is 2. The van der Waals surface area contributed by atoms with Gasteiger partial charge in [-0.05, 0) is 18.6 Å². The maximum absolute atomic E-state index is 12.2. The van der Waals surface area contributed by atoms with Crippen LogP contribution < -0.4 is 11.0 Å². The Labute approximate surface area is 147 Å². The highest BCUT2D eigenvalue weighted by Crippen LogP contribution is 2.26. The van der Waals surface area contributed by atoms with Gasteiger partial charge in [-0.25, -0.2) is 9.89 Å². The average molecular weight is 363 g/mol. The molecule has 0 bridgehead atoms. The fourth-order valence-corrected chi connectivity index (χ4v) is 3.40. The third-order valence-corrected chi connectivity index (χ3v) is 4.87. The molecule has 0 aliphatic carbocycles. The number of hydrogen-bond acceptors (Lipinski definition) is 6. The number of thioether (sulfide) groups is 2. The minimum absolute atomic E-state index is 0.144. The minimum atomic E-state index is -0.266. The molecule has 0 aliphatic rings.